The lowest BCUT2D eigenvalue weighted by atomic mass is 10.0. The molecule has 1 atom stereocenters. The monoisotopic (exact) mass is 409 g/mol. The van der Waals surface area contributed by atoms with Crippen LogP contribution in [-0.2, 0) is 6.54 Å². The molecule has 0 saturated carbocycles. The topological polar surface area (TPSA) is 53.1 Å². The zero-order chi connectivity index (χ0) is 18.5. The lowest BCUT2D eigenvalue weighted by molar-refractivity contribution is 0.444. The van der Waals surface area contributed by atoms with Crippen molar-refractivity contribution >= 4 is 52.3 Å². The van der Waals surface area contributed by atoms with Gasteiger partial charge in [-0.2, -0.15) is 4.98 Å². The smallest absolute Gasteiger partial charge is 0.232 e. The van der Waals surface area contributed by atoms with Crippen molar-refractivity contribution in [1.29, 1.82) is 0 Å². The Morgan fingerprint density at radius 2 is 2.12 bits per heavy atom. The molecule has 1 aromatic carbocycles. The molecule has 138 valence electrons. The van der Waals surface area contributed by atoms with Crippen molar-refractivity contribution in [3.63, 3.8) is 0 Å². The Morgan fingerprint density at radius 3 is 2.88 bits per heavy atom. The average molecular weight is 410 g/mol. The molecule has 2 N–H and O–H groups in total. The molecule has 1 saturated heterocycles. The van der Waals surface area contributed by atoms with E-state index in [-0.39, 0.29) is 0 Å². The summed E-state index contributed by atoms with van der Waals surface area (Å²) in [6.45, 7) is 4.72. The number of aromatic nitrogens is 2. The lowest BCUT2D eigenvalue weighted by Gasteiger charge is -2.32. The summed E-state index contributed by atoms with van der Waals surface area (Å²) >= 11 is 17.7. The number of benzene rings is 1. The van der Waals surface area contributed by atoms with E-state index in [9.17, 15) is 0 Å². The van der Waals surface area contributed by atoms with Crippen LogP contribution in [0.3, 0.4) is 0 Å². The molecule has 1 aromatic heterocycles. The van der Waals surface area contributed by atoms with Crippen LogP contribution in [0.1, 0.15) is 25.3 Å². The minimum Gasteiger partial charge on any atom is -0.358 e. The molecule has 1 aliphatic rings. The molecular formula is C18H21Cl2N5S. The zero-order valence-corrected chi connectivity index (χ0v) is 16.8. The van der Waals surface area contributed by atoms with Crippen LogP contribution in [0.2, 0.25) is 10.2 Å². The van der Waals surface area contributed by atoms with Gasteiger partial charge in [-0.1, -0.05) is 48.3 Å². The van der Waals surface area contributed by atoms with Crippen molar-refractivity contribution < 1.29 is 0 Å². The first kappa shape index (κ1) is 19.1. The first-order chi connectivity index (χ1) is 12.5. The third kappa shape index (κ3) is 5.19. The second-order valence-electron chi connectivity index (χ2n) is 6.46. The summed E-state index contributed by atoms with van der Waals surface area (Å²) in [7, 11) is 0. The Hall–Kier alpha value is -1.63. The molecule has 1 fully saturated rings. The number of nitrogens with one attached hydrogen (secondary N) is 2. The maximum atomic E-state index is 6.18. The fraction of sp³-hybridized carbons (Fsp3) is 0.389. The summed E-state index contributed by atoms with van der Waals surface area (Å²) in [6.07, 6.45) is 2.40. The maximum absolute atomic E-state index is 6.18. The lowest BCUT2D eigenvalue weighted by Crippen LogP contribution is -2.35. The predicted octanol–water partition coefficient (Wildman–Crippen LogP) is 4.51. The molecule has 0 aliphatic carbocycles. The first-order valence-corrected chi connectivity index (χ1v) is 9.75. The van der Waals surface area contributed by atoms with E-state index in [1.807, 2.05) is 24.3 Å². The average Bonchev–Trinajstić information content (AvgIpc) is 2.60. The van der Waals surface area contributed by atoms with Crippen LogP contribution in [0.25, 0.3) is 0 Å². The second kappa shape index (κ2) is 8.84. The van der Waals surface area contributed by atoms with Crippen LogP contribution in [0.15, 0.2) is 30.3 Å². The predicted molar refractivity (Wildman–Crippen MR) is 112 cm³/mol. The highest BCUT2D eigenvalue weighted by atomic mass is 35.5. The van der Waals surface area contributed by atoms with E-state index in [2.05, 4.69) is 32.4 Å². The van der Waals surface area contributed by atoms with Crippen LogP contribution in [0.4, 0.5) is 11.8 Å². The molecule has 0 radical (unpaired) electrons. The Kier molecular flexibility index (Phi) is 6.51. The van der Waals surface area contributed by atoms with Crippen molar-refractivity contribution in [3.05, 3.63) is 46.1 Å². The number of rotatable bonds is 4. The van der Waals surface area contributed by atoms with E-state index in [0.29, 0.717) is 33.7 Å². The number of piperidine rings is 1. The van der Waals surface area contributed by atoms with Gasteiger partial charge in [-0.3, -0.25) is 0 Å². The molecule has 0 spiro atoms. The normalized spacial score (nSPS) is 17.0. The SMILES string of the molecule is C[C@@H]1CCCN(c2cc(Cl)nc(NC(=S)NCc3ccccc3Cl)n2)C1. The molecule has 1 aliphatic heterocycles. The van der Waals surface area contributed by atoms with E-state index in [1.54, 1.807) is 6.07 Å². The molecule has 0 amide bonds. The van der Waals surface area contributed by atoms with Gasteiger partial charge in [0.15, 0.2) is 5.11 Å². The third-order valence-corrected chi connectivity index (χ3v) is 5.09. The number of hydrogen-bond acceptors (Lipinski definition) is 4. The quantitative estimate of drug-likeness (QED) is 0.572. The summed E-state index contributed by atoms with van der Waals surface area (Å²) < 4.78 is 0. The van der Waals surface area contributed by atoms with Crippen molar-refractivity contribution in [2.24, 2.45) is 5.92 Å². The highest BCUT2D eigenvalue weighted by Gasteiger charge is 2.19. The zero-order valence-electron chi connectivity index (χ0n) is 14.5. The van der Waals surface area contributed by atoms with E-state index in [0.717, 1.165) is 30.9 Å². The van der Waals surface area contributed by atoms with Crippen LogP contribution >= 0.6 is 35.4 Å². The van der Waals surface area contributed by atoms with E-state index < -0.39 is 0 Å². The largest absolute Gasteiger partial charge is 0.358 e. The molecule has 2 aromatic rings. The highest BCUT2D eigenvalue weighted by Crippen LogP contribution is 2.24. The standard InChI is InChI=1S/C18H21Cl2N5S/c1-12-5-4-8-25(11-12)16-9-15(20)22-17(23-16)24-18(26)21-10-13-6-2-3-7-14(13)19/h2-3,6-7,9,12H,4-5,8,10-11H2,1H3,(H2,21,22,23,24,26)/t12-/m1/s1. The van der Waals surface area contributed by atoms with Crippen LogP contribution in [0, 0.1) is 5.92 Å². The fourth-order valence-electron chi connectivity index (χ4n) is 2.98. The third-order valence-electron chi connectivity index (χ3n) is 4.28. The summed E-state index contributed by atoms with van der Waals surface area (Å²) in [6, 6.07) is 9.42. The van der Waals surface area contributed by atoms with Gasteiger partial charge in [-0.15, -0.1) is 0 Å². The van der Waals surface area contributed by atoms with Crippen molar-refractivity contribution in [2.75, 3.05) is 23.3 Å². The Labute approximate surface area is 169 Å². The van der Waals surface area contributed by atoms with Gasteiger partial charge in [0.2, 0.25) is 5.95 Å². The van der Waals surface area contributed by atoms with Gasteiger partial charge in [0.25, 0.3) is 0 Å². The van der Waals surface area contributed by atoms with Gasteiger partial charge >= 0.3 is 0 Å². The number of nitrogens with zero attached hydrogens (tertiary/aromatic N) is 3. The van der Waals surface area contributed by atoms with Crippen molar-refractivity contribution in [3.8, 4) is 0 Å². The highest BCUT2D eigenvalue weighted by molar-refractivity contribution is 7.80. The molecule has 26 heavy (non-hydrogen) atoms. The van der Waals surface area contributed by atoms with E-state index >= 15 is 0 Å². The van der Waals surface area contributed by atoms with Gasteiger partial charge in [0, 0.05) is 30.7 Å². The summed E-state index contributed by atoms with van der Waals surface area (Å²) in [5.74, 6) is 1.86. The molecule has 5 nitrogen and oxygen atoms in total. The molecule has 8 heteroatoms. The molecular weight excluding hydrogens is 389 g/mol. The Morgan fingerprint density at radius 1 is 1.31 bits per heavy atom. The minimum atomic E-state index is 0.391. The number of thiocarbonyl (C=S) groups is 1. The number of hydrogen-bond donors (Lipinski definition) is 2. The first-order valence-electron chi connectivity index (χ1n) is 8.59. The van der Waals surface area contributed by atoms with Crippen molar-refractivity contribution in [1.82, 2.24) is 15.3 Å². The van der Waals surface area contributed by atoms with Crippen LogP contribution < -0.4 is 15.5 Å². The van der Waals surface area contributed by atoms with Gasteiger partial charge in [0.1, 0.15) is 11.0 Å². The van der Waals surface area contributed by atoms with Gasteiger partial charge < -0.3 is 15.5 Å². The molecule has 0 unspecified atom stereocenters. The van der Waals surface area contributed by atoms with Gasteiger partial charge in [-0.25, -0.2) is 4.98 Å². The second-order valence-corrected chi connectivity index (χ2v) is 7.67. The Bertz CT molecular complexity index is 786. The fourth-order valence-corrected chi connectivity index (χ4v) is 3.53. The molecule has 3 rings (SSSR count). The number of halogens is 2. The minimum absolute atomic E-state index is 0.391. The van der Waals surface area contributed by atoms with Crippen molar-refractivity contribution in [2.45, 2.75) is 26.3 Å². The summed E-state index contributed by atoms with van der Waals surface area (Å²) in [4.78, 5) is 11.0. The summed E-state index contributed by atoms with van der Waals surface area (Å²) in [5, 5.41) is 7.63. The van der Waals surface area contributed by atoms with Crippen LogP contribution in [-0.4, -0.2) is 28.2 Å². The van der Waals surface area contributed by atoms with E-state index in [1.165, 1.54) is 6.42 Å². The summed E-state index contributed by atoms with van der Waals surface area (Å²) in [5.41, 5.74) is 0.966. The van der Waals surface area contributed by atoms with Crippen LogP contribution in [0.5, 0.6) is 0 Å². The van der Waals surface area contributed by atoms with Gasteiger partial charge in [0.05, 0.1) is 0 Å². The van der Waals surface area contributed by atoms with Gasteiger partial charge in [-0.05, 0) is 42.6 Å². The molecule has 2 heterocycles. The Balaban J connectivity index is 1.63. The van der Waals surface area contributed by atoms with E-state index in [4.69, 9.17) is 35.4 Å². The molecule has 0 bridgehead atoms. The maximum Gasteiger partial charge on any atom is 0.232 e. The number of anilines is 2.